The minimum Gasteiger partial charge on any atom is -0.383 e. The van der Waals surface area contributed by atoms with Gasteiger partial charge >= 0.3 is 0 Å². The lowest BCUT2D eigenvalue weighted by Crippen LogP contribution is -2.50. The normalized spacial score (nSPS) is 22.3. The van der Waals surface area contributed by atoms with Gasteiger partial charge in [-0.25, -0.2) is 4.39 Å². The molecule has 6 heteroatoms. The molecule has 0 saturated carbocycles. The van der Waals surface area contributed by atoms with Gasteiger partial charge in [0.15, 0.2) is 0 Å². The number of likely N-dealkylation sites (tertiary alicyclic amines) is 2. The van der Waals surface area contributed by atoms with Crippen LogP contribution in [-0.4, -0.2) is 68.2 Å². The van der Waals surface area contributed by atoms with Gasteiger partial charge in [-0.2, -0.15) is 0 Å². The first-order valence-corrected chi connectivity index (χ1v) is 10.5. The molecule has 5 nitrogen and oxygen atoms in total. The number of carbonyl (C=O) groups excluding carboxylic acids is 1. The first kappa shape index (κ1) is 21.2. The maximum absolute atomic E-state index is 13.5. The number of halogens is 1. The Kier molecular flexibility index (Phi) is 7.82. The van der Waals surface area contributed by atoms with Crippen LogP contribution in [0.3, 0.4) is 0 Å². The lowest BCUT2D eigenvalue weighted by molar-refractivity contribution is -0.127. The zero-order valence-corrected chi connectivity index (χ0v) is 17.3. The smallest absolute Gasteiger partial charge is 0.224 e. The number of methoxy groups -OCH3 is 1. The summed E-state index contributed by atoms with van der Waals surface area (Å²) in [4.78, 5) is 17.4. The molecule has 0 unspecified atom stereocenters. The number of rotatable bonds is 7. The first-order chi connectivity index (χ1) is 13.6. The van der Waals surface area contributed by atoms with Gasteiger partial charge in [0.25, 0.3) is 0 Å². The van der Waals surface area contributed by atoms with Crippen LogP contribution in [0.1, 0.15) is 36.8 Å². The van der Waals surface area contributed by atoms with Crippen molar-refractivity contribution in [2.45, 2.75) is 45.2 Å². The van der Waals surface area contributed by atoms with Crippen LogP contribution in [0.4, 0.5) is 4.39 Å². The molecule has 1 amide bonds. The van der Waals surface area contributed by atoms with Gasteiger partial charge in [-0.05, 0) is 69.4 Å². The van der Waals surface area contributed by atoms with Crippen molar-refractivity contribution in [3.63, 3.8) is 0 Å². The summed E-state index contributed by atoms with van der Waals surface area (Å²) >= 11 is 0. The summed E-state index contributed by atoms with van der Waals surface area (Å²) in [6.07, 6.45) is 4.35. The van der Waals surface area contributed by atoms with E-state index in [-0.39, 0.29) is 17.6 Å². The zero-order chi connectivity index (χ0) is 19.9. The van der Waals surface area contributed by atoms with E-state index in [0.717, 1.165) is 64.0 Å². The average Bonchev–Trinajstić information content (AvgIpc) is 2.71. The summed E-state index contributed by atoms with van der Waals surface area (Å²) in [5.41, 5.74) is 1.90. The van der Waals surface area contributed by atoms with E-state index in [1.54, 1.807) is 13.2 Å². The number of nitrogens with zero attached hydrogens (tertiary/aromatic N) is 2. The summed E-state index contributed by atoms with van der Waals surface area (Å²) in [5, 5.41) is 2.99. The Labute approximate surface area is 168 Å². The standard InChI is InChI=1S/C22H34FN3O2/c1-17-14-18(5-6-21(17)23)15-25-11-7-20(8-12-25)26-10-3-4-19(16-26)22(27)24-9-13-28-2/h5-6,14,19-20H,3-4,7-13,15-16H2,1-2H3,(H,24,27)/t19-/m1/s1. The van der Waals surface area contributed by atoms with Crippen molar-refractivity contribution in [3.05, 3.63) is 35.1 Å². The Balaban J connectivity index is 1.45. The van der Waals surface area contributed by atoms with E-state index < -0.39 is 0 Å². The summed E-state index contributed by atoms with van der Waals surface area (Å²) in [7, 11) is 1.65. The molecule has 0 radical (unpaired) electrons. The van der Waals surface area contributed by atoms with Crippen molar-refractivity contribution >= 4 is 5.91 Å². The molecule has 3 rings (SSSR count). The third-order valence-corrected chi connectivity index (χ3v) is 6.13. The molecular formula is C22H34FN3O2. The number of aryl methyl sites for hydroxylation is 1. The van der Waals surface area contributed by atoms with Crippen LogP contribution in [0.2, 0.25) is 0 Å². The molecule has 0 spiro atoms. The highest BCUT2D eigenvalue weighted by atomic mass is 19.1. The maximum atomic E-state index is 13.5. The number of nitrogens with one attached hydrogen (secondary N) is 1. The van der Waals surface area contributed by atoms with E-state index in [2.05, 4.69) is 15.1 Å². The third kappa shape index (κ3) is 5.75. The average molecular weight is 392 g/mol. The molecule has 2 aliphatic heterocycles. The molecule has 2 heterocycles. The second kappa shape index (κ2) is 10.3. The Morgan fingerprint density at radius 1 is 1.25 bits per heavy atom. The molecule has 0 aromatic heterocycles. The van der Waals surface area contributed by atoms with Crippen LogP contribution in [-0.2, 0) is 16.1 Å². The lowest BCUT2D eigenvalue weighted by Gasteiger charge is -2.42. The van der Waals surface area contributed by atoms with Crippen LogP contribution in [0.25, 0.3) is 0 Å². The first-order valence-electron chi connectivity index (χ1n) is 10.5. The second-order valence-corrected chi connectivity index (χ2v) is 8.21. The van der Waals surface area contributed by atoms with E-state index in [0.29, 0.717) is 19.2 Å². The number of piperidine rings is 2. The van der Waals surface area contributed by atoms with E-state index in [9.17, 15) is 9.18 Å². The number of amides is 1. The highest BCUT2D eigenvalue weighted by Crippen LogP contribution is 2.25. The van der Waals surface area contributed by atoms with Gasteiger partial charge in [-0.3, -0.25) is 14.6 Å². The Bertz CT molecular complexity index is 647. The minimum absolute atomic E-state index is 0.103. The monoisotopic (exact) mass is 391 g/mol. The maximum Gasteiger partial charge on any atom is 0.224 e. The van der Waals surface area contributed by atoms with E-state index in [1.807, 2.05) is 19.1 Å². The largest absolute Gasteiger partial charge is 0.383 e. The molecule has 0 aliphatic carbocycles. The Hall–Kier alpha value is -1.50. The minimum atomic E-state index is -0.131. The van der Waals surface area contributed by atoms with Crippen molar-refractivity contribution in [2.24, 2.45) is 5.92 Å². The summed E-state index contributed by atoms with van der Waals surface area (Å²) in [5.74, 6) is 0.144. The lowest BCUT2D eigenvalue weighted by atomic mass is 9.93. The quantitative estimate of drug-likeness (QED) is 0.726. The van der Waals surface area contributed by atoms with E-state index >= 15 is 0 Å². The molecule has 1 aromatic carbocycles. The van der Waals surface area contributed by atoms with Crippen molar-refractivity contribution in [2.75, 3.05) is 46.4 Å². The fourth-order valence-corrected chi connectivity index (χ4v) is 4.48. The topological polar surface area (TPSA) is 44.8 Å². The Morgan fingerprint density at radius 2 is 2.04 bits per heavy atom. The number of carbonyl (C=O) groups is 1. The van der Waals surface area contributed by atoms with Crippen LogP contribution >= 0.6 is 0 Å². The molecular weight excluding hydrogens is 357 g/mol. The van der Waals surface area contributed by atoms with Crippen molar-refractivity contribution < 1.29 is 13.9 Å². The third-order valence-electron chi connectivity index (χ3n) is 6.13. The molecule has 0 bridgehead atoms. The number of ether oxygens (including phenoxy) is 1. The second-order valence-electron chi connectivity index (χ2n) is 8.21. The molecule has 2 aliphatic rings. The predicted octanol–water partition coefficient (Wildman–Crippen LogP) is 2.57. The van der Waals surface area contributed by atoms with E-state index in [1.165, 1.54) is 5.56 Å². The zero-order valence-electron chi connectivity index (χ0n) is 17.3. The van der Waals surface area contributed by atoms with Gasteiger partial charge < -0.3 is 10.1 Å². The molecule has 2 saturated heterocycles. The number of benzene rings is 1. The van der Waals surface area contributed by atoms with Crippen LogP contribution in [0.15, 0.2) is 18.2 Å². The van der Waals surface area contributed by atoms with Gasteiger partial charge in [0.05, 0.1) is 12.5 Å². The molecule has 156 valence electrons. The highest BCUT2D eigenvalue weighted by molar-refractivity contribution is 5.78. The van der Waals surface area contributed by atoms with Crippen molar-refractivity contribution in [1.82, 2.24) is 15.1 Å². The summed E-state index contributed by atoms with van der Waals surface area (Å²) in [6, 6.07) is 5.99. The van der Waals surface area contributed by atoms with Crippen LogP contribution in [0.5, 0.6) is 0 Å². The van der Waals surface area contributed by atoms with Gasteiger partial charge in [0.1, 0.15) is 5.82 Å². The molecule has 1 N–H and O–H groups in total. The van der Waals surface area contributed by atoms with E-state index in [4.69, 9.17) is 4.74 Å². The van der Waals surface area contributed by atoms with Gasteiger partial charge in [0, 0.05) is 32.8 Å². The summed E-state index contributed by atoms with van der Waals surface area (Å²) in [6.45, 7) is 7.96. The highest BCUT2D eigenvalue weighted by Gasteiger charge is 2.31. The van der Waals surface area contributed by atoms with Crippen molar-refractivity contribution in [3.8, 4) is 0 Å². The van der Waals surface area contributed by atoms with Gasteiger partial charge in [-0.15, -0.1) is 0 Å². The van der Waals surface area contributed by atoms with Gasteiger partial charge in [-0.1, -0.05) is 12.1 Å². The SMILES string of the molecule is COCCNC(=O)[C@@H]1CCCN(C2CCN(Cc3ccc(F)c(C)c3)CC2)C1. The molecule has 2 fully saturated rings. The number of hydrogen-bond acceptors (Lipinski definition) is 4. The van der Waals surface area contributed by atoms with Crippen LogP contribution < -0.4 is 5.32 Å². The van der Waals surface area contributed by atoms with Crippen LogP contribution in [0, 0.1) is 18.7 Å². The molecule has 28 heavy (non-hydrogen) atoms. The fourth-order valence-electron chi connectivity index (χ4n) is 4.48. The van der Waals surface area contributed by atoms with Gasteiger partial charge in [0.2, 0.25) is 5.91 Å². The fraction of sp³-hybridized carbons (Fsp3) is 0.682. The summed E-state index contributed by atoms with van der Waals surface area (Å²) < 4.78 is 18.5. The number of hydrogen-bond donors (Lipinski definition) is 1. The molecule has 1 aromatic rings. The van der Waals surface area contributed by atoms with Crippen molar-refractivity contribution in [1.29, 1.82) is 0 Å². The Morgan fingerprint density at radius 3 is 2.75 bits per heavy atom. The molecule has 1 atom stereocenters. The predicted molar refractivity (Wildman–Crippen MR) is 109 cm³/mol.